The average Bonchev–Trinajstić information content (AvgIpc) is 2.96. The van der Waals surface area contributed by atoms with Gasteiger partial charge in [-0.3, -0.25) is 0 Å². The maximum atomic E-state index is 12.4. The van der Waals surface area contributed by atoms with Gasteiger partial charge in [-0.25, -0.2) is 8.78 Å². The number of hydrogen-bond donors (Lipinski definition) is 1. The molecule has 0 aliphatic carbocycles. The monoisotopic (exact) mass is 330 g/mol. The maximum Gasteiger partial charge on any atom is 0.298 e. The van der Waals surface area contributed by atoms with E-state index in [1.165, 1.54) is 6.07 Å². The van der Waals surface area contributed by atoms with Crippen LogP contribution in [0.25, 0.3) is 0 Å². The van der Waals surface area contributed by atoms with Gasteiger partial charge in [0.1, 0.15) is 13.2 Å². The van der Waals surface area contributed by atoms with E-state index >= 15 is 0 Å². The van der Waals surface area contributed by atoms with E-state index in [4.69, 9.17) is 21.1 Å². The summed E-state index contributed by atoms with van der Waals surface area (Å²) in [5.74, 6) is 0.728. The molecule has 0 fully saturated rings. The molecule has 0 unspecified atom stereocenters. The van der Waals surface area contributed by atoms with Crippen LogP contribution >= 0.6 is 11.6 Å². The topological polar surface area (TPSA) is 56.5 Å². The Labute approximate surface area is 130 Å². The number of ether oxygens (including phenoxy) is 2. The molecule has 0 bridgehead atoms. The SMILES string of the molecule is FC(F)c1cc(CNCc2cc(Cl)c3c(c2)OCCO3)no1. The molecule has 1 aromatic carbocycles. The van der Waals surface area contributed by atoms with E-state index in [9.17, 15) is 8.78 Å². The highest BCUT2D eigenvalue weighted by molar-refractivity contribution is 6.32. The minimum atomic E-state index is -2.65. The molecule has 0 saturated heterocycles. The molecule has 1 aliphatic rings. The van der Waals surface area contributed by atoms with Gasteiger partial charge in [-0.05, 0) is 17.7 Å². The molecular formula is C14H13ClF2N2O3. The fraction of sp³-hybridized carbons (Fsp3) is 0.357. The van der Waals surface area contributed by atoms with Crippen LogP contribution in [0.1, 0.15) is 23.4 Å². The molecule has 1 aromatic heterocycles. The molecule has 5 nitrogen and oxygen atoms in total. The molecule has 2 aromatic rings. The summed E-state index contributed by atoms with van der Waals surface area (Å²) in [6.45, 7) is 1.74. The third-order valence-corrected chi connectivity index (χ3v) is 3.36. The largest absolute Gasteiger partial charge is 0.486 e. The number of aromatic nitrogens is 1. The van der Waals surface area contributed by atoms with E-state index in [1.54, 1.807) is 6.07 Å². The van der Waals surface area contributed by atoms with Crippen LogP contribution in [0.3, 0.4) is 0 Å². The Morgan fingerprint density at radius 3 is 2.77 bits per heavy atom. The van der Waals surface area contributed by atoms with Crippen molar-refractivity contribution in [3.8, 4) is 11.5 Å². The molecule has 0 spiro atoms. The Bertz CT molecular complexity index is 664. The molecule has 118 valence electrons. The fourth-order valence-electron chi connectivity index (χ4n) is 2.12. The second kappa shape index (κ2) is 6.50. The number of nitrogens with zero attached hydrogens (tertiary/aromatic N) is 1. The first kappa shape index (κ1) is 15.1. The van der Waals surface area contributed by atoms with E-state index in [1.807, 2.05) is 6.07 Å². The van der Waals surface area contributed by atoms with Crippen LogP contribution in [0.5, 0.6) is 11.5 Å². The molecule has 3 rings (SSSR count). The van der Waals surface area contributed by atoms with Gasteiger partial charge >= 0.3 is 0 Å². The number of hydrogen-bond acceptors (Lipinski definition) is 5. The Morgan fingerprint density at radius 1 is 1.18 bits per heavy atom. The molecule has 0 atom stereocenters. The van der Waals surface area contributed by atoms with E-state index in [0.29, 0.717) is 48.5 Å². The summed E-state index contributed by atoms with van der Waals surface area (Å²) >= 11 is 6.14. The van der Waals surface area contributed by atoms with Crippen molar-refractivity contribution in [2.45, 2.75) is 19.5 Å². The molecular weight excluding hydrogens is 318 g/mol. The Kier molecular flexibility index (Phi) is 4.44. The predicted octanol–water partition coefficient (Wildman–Crippen LogP) is 3.33. The second-order valence-electron chi connectivity index (χ2n) is 4.73. The number of halogens is 3. The first-order chi connectivity index (χ1) is 10.6. The van der Waals surface area contributed by atoms with Crippen LogP contribution in [0.4, 0.5) is 8.78 Å². The van der Waals surface area contributed by atoms with Crippen molar-refractivity contribution in [1.82, 2.24) is 10.5 Å². The van der Waals surface area contributed by atoms with Crippen LogP contribution in [0.15, 0.2) is 22.7 Å². The summed E-state index contributed by atoms with van der Waals surface area (Å²) < 4.78 is 40.2. The predicted molar refractivity (Wildman–Crippen MR) is 74.4 cm³/mol. The van der Waals surface area contributed by atoms with E-state index in [2.05, 4.69) is 15.0 Å². The Hall–Kier alpha value is -1.86. The number of benzene rings is 1. The molecule has 8 heteroatoms. The van der Waals surface area contributed by atoms with Gasteiger partial charge in [0.25, 0.3) is 6.43 Å². The van der Waals surface area contributed by atoms with Crippen LogP contribution in [0, 0.1) is 0 Å². The van der Waals surface area contributed by atoms with Crippen LogP contribution < -0.4 is 14.8 Å². The van der Waals surface area contributed by atoms with Gasteiger partial charge in [-0.1, -0.05) is 16.8 Å². The summed E-state index contributed by atoms with van der Waals surface area (Å²) in [7, 11) is 0. The van der Waals surface area contributed by atoms with Gasteiger partial charge < -0.3 is 19.3 Å². The van der Waals surface area contributed by atoms with Gasteiger partial charge in [0.15, 0.2) is 11.5 Å². The lowest BCUT2D eigenvalue weighted by atomic mass is 10.2. The first-order valence-corrected chi connectivity index (χ1v) is 7.03. The number of fused-ring (bicyclic) bond motifs is 1. The molecule has 0 amide bonds. The van der Waals surface area contributed by atoms with Gasteiger partial charge in [0.05, 0.1) is 10.7 Å². The van der Waals surface area contributed by atoms with Crippen LogP contribution in [-0.4, -0.2) is 18.4 Å². The van der Waals surface area contributed by atoms with Crippen molar-refractivity contribution in [1.29, 1.82) is 0 Å². The standard InChI is InChI=1S/C14H13ClF2N2O3/c15-10-3-8(4-11-13(10)21-2-1-20-11)6-18-7-9-5-12(14(16)17)22-19-9/h3-5,14,18H,1-2,6-7H2. The van der Waals surface area contributed by atoms with E-state index in [-0.39, 0.29) is 0 Å². The molecule has 0 radical (unpaired) electrons. The fourth-order valence-corrected chi connectivity index (χ4v) is 2.40. The summed E-state index contributed by atoms with van der Waals surface area (Å²) in [6, 6.07) is 4.84. The van der Waals surface area contributed by atoms with Crippen molar-refractivity contribution < 1.29 is 22.8 Å². The summed E-state index contributed by atoms with van der Waals surface area (Å²) in [6.07, 6.45) is -2.65. The number of rotatable bonds is 5. The zero-order valence-corrected chi connectivity index (χ0v) is 12.2. The van der Waals surface area contributed by atoms with Gasteiger partial charge in [0, 0.05) is 19.2 Å². The van der Waals surface area contributed by atoms with Crippen molar-refractivity contribution >= 4 is 11.6 Å². The lowest BCUT2D eigenvalue weighted by molar-refractivity contribution is 0.112. The first-order valence-electron chi connectivity index (χ1n) is 6.66. The molecule has 22 heavy (non-hydrogen) atoms. The lowest BCUT2D eigenvalue weighted by Gasteiger charge is -2.20. The molecule has 1 N–H and O–H groups in total. The molecule has 0 saturated carbocycles. The van der Waals surface area contributed by atoms with Crippen LogP contribution in [-0.2, 0) is 13.1 Å². The quantitative estimate of drug-likeness (QED) is 0.911. The Balaban J connectivity index is 1.60. The number of nitrogens with one attached hydrogen (secondary N) is 1. The molecule has 2 heterocycles. The zero-order chi connectivity index (χ0) is 15.5. The summed E-state index contributed by atoms with van der Waals surface area (Å²) in [5, 5.41) is 7.13. The van der Waals surface area contributed by atoms with E-state index < -0.39 is 12.2 Å². The second-order valence-corrected chi connectivity index (χ2v) is 5.13. The van der Waals surface area contributed by atoms with Gasteiger partial charge in [-0.15, -0.1) is 0 Å². The zero-order valence-electron chi connectivity index (χ0n) is 11.4. The third kappa shape index (κ3) is 3.31. The third-order valence-electron chi connectivity index (χ3n) is 3.08. The van der Waals surface area contributed by atoms with Crippen molar-refractivity contribution in [3.05, 3.63) is 40.2 Å². The van der Waals surface area contributed by atoms with E-state index in [0.717, 1.165) is 5.56 Å². The smallest absolute Gasteiger partial charge is 0.298 e. The van der Waals surface area contributed by atoms with Crippen molar-refractivity contribution in [2.75, 3.05) is 13.2 Å². The van der Waals surface area contributed by atoms with Crippen molar-refractivity contribution in [3.63, 3.8) is 0 Å². The lowest BCUT2D eigenvalue weighted by Crippen LogP contribution is -2.17. The number of alkyl halides is 2. The van der Waals surface area contributed by atoms with Gasteiger partial charge in [0.2, 0.25) is 5.76 Å². The normalized spacial score (nSPS) is 13.6. The highest BCUT2D eigenvalue weighted by Gasteiger charge is 2.17. The average molecular weight is 331 g/mol. The maximum absolute atomic E-state index is 12.4. The molecule has 1 aliphatic heterocycles. The highest BCUT2D eigenvalue weighted by atomic mass is 35.5. The van der Waals surface area contributed by atoms with Crippen molar-refractivity contribution in [2.24, 2.45) is 0 Å². The Morgan fingerprint density at radius 2 is 2.00 bits per heavy atom. The highest BCUT2D eigenvalue weighted by Crippen LogP contribution is 2.38. The summed E-state index contributed by atoms with van der Waals surface area (Å²) in [4.78, 5) is 0. The minimum absolute atomic E-state index is 0.308. The summed E-state index contributed by atoms with van der Waals surface area (Å²) in [5.41, 5.74) is 1.31. The minimum Gasteiger partial charge on any atom is -0.486 e. The van der Waals surface area contributed by atoms with Crippen LogP contribution in [0.2, 0.25) is 5.02 Å². The van der Waals surface area contributed by atoms with Gasteiger partial charge in [-0.2, -0.15) is 0 Å².